The molecule has 4 heteroatoms. The third kappa shape index (κ3) is 3.33. The fourth-order valence-corrected chi connectivity index (χ4v) is 4.04. The molecule has 1 fully saturated rings. The maximum Gasteiger partial charge on any atom is 0.230 e. The van der Waals surface area contributed by atoms with E-state index in [1.807, 2.05) is 16.7 Å². The van der Waals surface area contributed by atoms with E-state index in [2.05, 4.69) is 25.1 Å². The quantitative estimate of drug-likeness (QED) is 0.854. The van der Waals surface area contributed by atoms with Gasteiger partial charge >= 0.3 is 0 Å². The van der Waals surface area contributed by atoms with Crippen molar-refractivity contribution in [3.63, 3.8) is 0 Å². The van der Waals surface area contributed by atoms with Crippen LogP contribution in [0, 0.1) is 12.8 Å². The van der Waals surface area contributed by atoms with Crippen molar-refractivity contribution in [1.82, 2.24) is 4.90 Å². The van der Waals surface area contributed by atoms with Crippen molar-refractivity contribution < 1.29 is 9.59 Å². The van der Waals surface area contributed by atoms with Gasteiger partial charge in [-0.3, -0.25) is 9.59 Å². The van der Waals surface area contributed by atoms with E-state index in [9.17, 15) is 9.59 Å². The van der Waals surface area contributed by atoms with E-state index in [-0.39, 0.29) is 17.7 Å². The number of hydrogen-bond donors (Lipinski definition) is 0. The lowest BCUT2D eigenvalue weighted by molar-refractivity contribution is -0.135. The Morgan fingerprint density at radius 1 is 1.17 bits per heavy atom. The van der Waals surface area contributed by atoms with Gasteiger partial charge in [0.15, 0.2) is 0 Å². The molecule has 0 saturated carbocycles. The Morgan fingerprint density at radius 3 is 2.62 bits per heavy atom. The van der Waals surface area contributed by atoms with Gasteiger partial charge in [-0.25, -0.2) is 0 Å². The van der Waals surface area contributed by atoms with Crippen LogP contribution in [-0.4, -0.2) is 36.3 Å². The zero-order chi connectivity index (χ0) is 17.1. The summed E-state index contributed by atoms with van der Waals surface area (Å²) in [5, 5.41) is 0. The highest BCUT2D eigenvalue weighted by Gasteiger charge is 2.32. The normalized spacial score (nSPS) is 18.4. The summed E-state index contributed by atoms with van der Waals surface area (Å²) in [6, 6.07) is 6.32. The lowest BCUT2D eigenvalue weighted by Crippen LogP contribution is -2.46. The maximum absolute atomic E-state index is 13.1. The molecule has 2 amide bonds. The van der Waals surface area contributed by atoms with Gasteiger partial charge in [0.25, 0.3) is 0 Å². The number of hydrogen-bond acceptors (Lipinski definition) is 2. The number of nitrogens with zero attached hydrogens (tertiary/aromatic N) is 2. The monoisotopic (exact) mass is 328 g/mol. The molecule has 24 heavy (non-hydrogen) atoms. The van der Waals surface area contributed by atoms with Crippen molar-refractivity contribution in [2.45, 2.75) is 52.4 Å². The SMILES string of the molecule is CCCC(=O)N1CCC(C(=O)N2CCCc3cccc(C)c32)CC1. The van der Waals surface area contributed by atoms with Crippen LogP contribution in [0.25, 0.3) is 0 Å². The van der Waals surface area contributed by atoms with E-state index >= 15 is 0 Å². The molecule has 0 N–H and O–H groups in total. The number of carbonyl (C=O) groups is 2. The highest BCUT2D eigenvalue weighted by molar-refractivity contribution is 5.97. The average Bonchev–Trinajstić information content (AvgIpc) is 2.61. The molecule has 4 nitrogen and oxygen atoms in total. The first kappa shape index (κ1) is 17.0. The molecule has 0 unspecified atom stereocenters. The molecule has 1 saturated heterocycles. The van der Waals surface area contributed by atoms with Crippen molar-refractivity contribution >= 4 is 17.5 Å². The van der Waals surface area contributed by atoms with Gasteiger partial charge < -0.3 is 9.80 Å². The second-order valence-electron chi connectivity index (χ2n) is 7.08. The summed E-state index contributed by atoms with van der Waals surface area (Å²) >= 11 is 0. The first-order chi connectivity index (χ1) is 11.6. The number of piperidine rings is 1. The van der Waals surface area contributed by atoms with Crippen molar-refractivity contribution in [1.29, 1.82) is 0 Å². The summed E-state index contributed by atoms with van der Waals surface area (Å²) in [6.07, 6.45) is 5.21. The zero-order valence-corrected chi connectivity index (χ0v) is 14.9. The number of carbonyl (C=O) groups excluding carboxylic acids is 2. The third-order valence-corrected chi connectivity index (χ3v) is 5.35. The largest absolute Gasteiger partial charge is 0.343 e. The van der Waals surface area contributed by atoms with Crippen LogP contribution in [0.15, 0.2) is 18.2 Å². The van der Waals surface area contributed by atoms with E-state index in [1.54, 1.807) is 0 Å². The molecule has 0 aliphatic carbocycles. The molecule has 0 bridgehead atoms. The first-order valence-corrected chi connectivity index (χ1v) is 9.29. The molecule has 0 spiro atoms. The van der Waals surface area contributed by atoms with Crippen LogP contribution in [0.3, 0.4) is 0 Å². The first-order valence-electron chi connectivity index (χ1n) is 9.29. The van der Waals surface area contributed by atoms with Crippen LogP contribution < -0.4 is 4.90 Å². The van der Waals surface area contributed by atoms with Crippen LogP contribution in [0.4, 0.5) is 5.69 Å². The molecule has 1 aromatic rings. The molecular weight excluding hydrogens is 300 g/mol. The molecule has 3 rings (SSSR count). The highest BCUT2D eigenvalue weighted by Crippen LogP contribution is 2.33. The Balaban J connectivity index is 1.68. The maximum atomic E-state index is 13.1. The van der Waals surface area contributed by atoms with E-state index < -0.39 is 0 Å². The van der Waals surface area contributed by atoms with E-state index in [0.29, 0.717) is 6.42 Å². The molecule has 2 aliphatic heterocycles. The Kier molecular flexibility index (Phi) is 5.22. The number of fused-ring (bicyclic) bond motifs is 1. The van der Waals surface area contributed by atoms with Crippen LogP contribution in [-0.2, 0) is 16.0 Å². The molecule has 2 aliphatic rings. The van der Waals surface area contributed by atoms with Crippen LogP contribution in [0.1, 0.15) is 50.2 Å². The van der Waals surface area contributed by atoms with Crippen LogP contribution in [0.5, 0.6) is 0 Å². The number of anilines is 1. The molecule has 0 radical (unpaired) electrons. The Labute approximate surface area is 144 Å². The molecule has 2 heterocycles. The number of aryl methyl sites for hydroxylation is 2. The fraction of sp³-hybridized carbons (Fsp3) is 0.600. The molecule has 0 atom stereocenters. The fourth-order valence-electron chi connectivity index (χ4n) is 4.04. The minimum Gasteiger partial charge on any atom is -0.343 e. The van der Waals surface area contributed by atoms with E-state index in [4.69, 9.17) is 0 Å². The lowest BCUT2D eigenvalue weighted by atomic mass is 9.92. The summed E-state index contributed by atoms with van der Waals surface area (Å²) in [5.41, 5.74) is 3.62. The summed E-state index contributed by atoms with van der Waals surface area (Å²) < 4.78 is 0. The van der Waals surface area contributed by atoms with Crippen molar-refractivity contribution in [3.8, 4) is 0 Å². The number of rotatable bonds is 3. The summed E-state index contributed by atoms with van der Waals surface area (Å²) in [6.45, 7) is 6.40. The minimum atomic E-state index is 0.0567. The molecule has 130 valence electrons. The molecular formula is C20H28N2O2. The summed E-state index contributed by atoms with van der Waals surface area (Å²) in [7, 11) is 0. The predicted octanol–water partition coefficient (Wildman–Crippen LogP) is 3.31. The Hall–Kier alpha value is -1.84. The number of para-hydroxylation sites is 1. The van der Waals surface area contributed by atoms with Crippen molar-refractivity contribution in [3.05, 3.63) is 29.3 Å². The number of likely N-dealkylation sites (tertiary alicyclic amines) is 1. The van der Waals surface area contributed by atoms with Gasteiger partial charge in [-0.05, 0) is 50.2 Å². The second-order valence-corrected chi connectivity index (χ2v) is 7.08. The van der Waals surface area contributed by atoms with Crippen LogP contribution in [0.2, 0.25) is 0 Å². The average molecular weight is 328 g/mol. The molecule has 1 aromatic carbocycles. The van der Waals surface area contributed by atoms with E-state index in [1.165, 1.54) is 11.1 Å². The van der Waals surface area contributed by atoms with Gasteiger partial charge in [-0.1, -0.05) is 25.1 Å². The molecule has 0 aromatic heterocycles. The van der Waals surface area contributed by atoms with Gasteiger partial charge in [-0.2, -0.15) is 0 Å². The number of benzene rings is 1. The predicted molar refractivity (Wildman–Crippen MR) is 96.1 cm³/mol. The third-order valence-electron chi connectivity index (χ3n) is 5.35. The van der Waals surface area contributed by atoms with Gasteiger partial charge in [0.1, 0.15) is 0 Å². The van der Waals surface area contributed by atoms with Gasteiger partial charge in [0.2, 0.25) is 11.8 Å². The standard InChI is InChI=1S/C20H28N2O2/c1-3-6-18(23)21-13-10-17(11-14-21)20(24)22-12-5-9-16-8-4-7-15(2)19(16)22/h4,7-8,17H,3,5-6,9-14H2,1-2H3. The second kappa shape index (κ2) is 7.37. The van der Waals surface area contributed by atoms with Crippen LogP contribution >= 0.6 is 0 Å². The van der Waals surface area contributed by atoms with Crippen molar-refractivity contribution in [2.75, 3.05) is 24.5 Å². The zero-order valence-electron chi connectivity index (χ0n) is 14.9. The minimum absolute atomic E-state index is 0.0567. The summed E-state index contributed by atoms with van der Waals surface area (Å²) in [4.78, 5) is 29.1. The van der Waals surface area contributed by atoms with Gasteiger partial charge in [-0.15, -0.1) is 0 Å². The lowest BCUT2D eigenvalue weighted by Gasteiger charge is -2.37. The van der Waals surface area contributed by atoms with Gasteiger partial charge in [0.05, 0.1) is 0 Å². The smallest absolute Gasteiger partial charge is 0.230 e. The van der Waals surface area contributed by atoms with Crippen molar-refractivity contribution in [2.24, 2.45) is 5.92 Å². The topological polar surface area (TPSA) is 40.6 Å². The summed E-state index contributed by atoms with van der Waals surface area (Å²) in [5.74, 6) is 0.552. The number of amides is 2. The Bertz CT molecular complexity index is 618. The van der Waals surface area contributed by atoms with E-state index in [0.717, 1.165) is 57.4 Å². The van der Waals surface area contributed by atoms with Gasteiger partial charge in [0, 0.05) is 37.7 Å². The Morgan fingerprint density at radius 2 is 1.92 bits per heavy atom. The highest BCUT2D eigenvalue weighted by atomic mass is 16.2.